The third-order valence-electron chi connectivity index (χ3n) is 4.90. The van der Waals surface area contributed by atoms with Crippen LogP contribution >= 0.6 is 0 Å². The fourth-order valence-electron chi connectivity index (χ4n) is 3.32. The lowest BCUT2D eigenvalue weighted by Crippen LogP contribution is -2.29. The Balaban J connectivity index is 1.53. The minimum atomic E-state index is -3.86. The molecule has 0 bridgehead atoms. The van der Waals surface area contributed by atoms with E-state index in [1.54, 1.807) is 36.4 Å². The molecule has 0 saturated carbocycles. The van der Waals surface area contributed by atoms with Crippen molar-refractivity contribution in [3.8, 4) is 5.75 Å². The maximum atomic E-state index is 12.8. The Morgan fingerprint density at radius 3 is 2.45 bits per heavy atom. The number of methoxy groups -OCH3 is 1. The third kappa shape index (κ3) is 3.87. The van der Waals surface area contributed by atoms with Gasteiger partial charge in [-0.15, -0.1) is 0 Å². The number of ether oxygens (including phenoxy) is 1. The Bertz CT molecular complexity index is 1250. The number of carbonyl (C=O) groups is 2. The Labute approximate surface area is 179 Å². The lowest BCUT2D eigenvalue weighted by atomic mass is 10.2. The van der Waals surface area contributed by atoms with Crippen molar-refractivity contribution < 1.29 is 22.7 Å². The van der Waals surface area contributed by atoms with Crippen LogP contribution in [-0.2, 0) is 16.6 Å². The van der Waals surface area contributed by atoms with E-state index >= 15 is 0 Å². The van der Waals surface area contributed by atoms with Crippen molar-refractivity contribution in [3.05, 3.63) is 83.2 Å². The van der Waals surface area contributed by atoms with E-state index < -0.39 is 21.8 Å². The van der Waals surface area contributed by atoms with Crippen molar-refractivity contribution in [2.75, 3.05) is 11.8 Å². The molecule has 9 heteroatoms. The molecule has 0 aliphatic carbocycles. The van der Waals surface area contributed by atoms with Gasteiger partial charge in [-0.2, -0.15) is 0 Å². The summed E-state index contributed by atoms with van der Waals surface area (Å²) in [4.78, 5) is 30.0. The first-order valence-corrected chi connectivity index (χ1v) is 10.9. The minimum absolute atomic E-state index is 0.0213. The summed E-state index contributed by atoms with van der Waals surface area (Å²) in [6.45, 7) is 1.87. The summed E-state index contributed by atoms with van der Waals surface area (Å²) in [5, 5.41) is 0. The SMILES string of the molecule is COc1ccc(C)cc1NS(=O)(=O)c1ccc(CN2C(=O)c3cccnc3C2=O)cc1. The number of hydrogen-bond acceptors (Lipinski definition) is 6. The van der Waals surface area contributed by atoms with Crippen molar-refractivity contribution >= 4 is 27.5 Å². The van der Waals surface area contributed by atoms with Crippen molar-refractivity contribution in [1.82, 2.24) is 9.88 Å². The molecule has 2 aromatic carbocycles. The second kappa shape index (κ2) is 7.84. The summed E-state index contributed by atoms with van der Waals surface area (Å²) in [6, 6.07) is 14.3. The highest BCUT2D eigenvalue weighted by Crippen LogP contribution is 2.28. The minimum Gasteiger partial charge on any atom is -0.495 e. The van der Waals surface area contributed by atoms with E-state index in [1.165, 1.54) is 25.4 Å². The van der Waals surface area contributed by atoms with Crippen LogP contribution in [0, 0.1) is 6.92 Å². The van der Waals surface area contributed by atoms with E-state index in [4.69, 9.17) is 4.74 Å². The molecule has 2 heterocycles. The number of aromatic nitrogens is 1. The lowest BCUT2D eigenvalue weighted by Gasteiger charge is -2.15. The Morgan fingerprint density at radius 2 is 1.77 bits per heavy atom. The highest BCUT2D eigenvalue weighted by molar-refractivity contribution is 7.92. The van der Waals surface area contributed by atoms with Gasteiger partial charge in [0, 0.05) is 6.20 Å². The predicted molar refractivity (Wildman–Crippen MR) is 113 cm³/mol. The molecule has 1 aliphatic heterocycles. The molecule has 2 amide bonds. The van der Waals surface area contributed by atoms with Crippen LogP contribution in [0.5, 0.6) is 5.75 Å². The van der Waals surface area contributed by atoms with Gasteiger partial charge in [-0.05, 0) is 54.4 Å². The van der Waals surface area contributed by atoms with Crippen molar-refractivity contribution in [3.63, 3.8) is 0 Å². The highest BCUT2D eigenvalue weighted by atomic mass is 32.2. The number of nitrogens with one attached hydrogen (secondary N) is 1. The quantitative estimate of drug-likeness (QED) is 0.595. The molecule has 0 fully saturated rings. The zero-order valence-corrected chi connectivity index (χ0v) is 17.6. The van der Waals surface area contributed by atoms with E-state index in [1.807, 2.05) is 13.0 Å². The fourth-order valence-corrected chi connectivity index (χ4v) is 4.38. The number of fused-ring (bicyclic) bond motifs is 1. The first-order valence-electron chi connectivity index (χ1n) is 9.38. The van der Waals surface area contributed by atoms with Gasteiger partial charge < -0.3 is 4.74 Å². The number of sulfonamides is 1. The summed E-state index contributed by atoms with van der Waals surface area (Å²) < 4.78 is 33.3. The number of hydrogen-bond donors (Lipinski definition) is 1. The van der Waals surface area contributed by atoms with Crippen LogP contribution in [0.1, 0.15) is 32.0 Å². The summed E-state index contributed by atoms with van der Waals surface area (Å²) in [5.74, 6) is -0.478. The van der Waals surface area contributed by atoms with E-state index in [-0.39, 0.29) is 22.7 Å². The number of nitrogens with zero attached hydrogens (tertiary/aromatic N) is 2. The standard InChI is InChI=1S/C22H19N3O5S/c1-14-5-10-19(30-2)18(12-14)24-31(28,29)16-8-6-15(7-9-16)13-25-21(26)17-4-3-11-23-20(17)22(25)27/h3-12,24H,13H2,1-2H3. The molecular weight excluding hydrogens is 418 g/mol. The molecule has 0 unspecified atom stereocenters. The number of anilines is 1. The number of pyridine rings is 1. The average Bonchev–Trinajstić information content (AvgIpc) is 2.99. The molecule has 0 radical (unpaired) electrons. The van der Waals surface area contributed by atoms with Crippen LogP contribution in [0.15, 0.2) is 65.7 Å². The maximum absolute atomic E-state index is 12.8. The smallest absolute Gasteiger partial charge is 0.280 e. The zero-order valence-electron chi connectivity index (χ0n) is 16.8. The number of rotatable bonds is 6. The molecule has 1 aromatic heterocycles. The van der Waals surface area contributed by atoms with Crippen molar-refractivity contribution in [1.29, 1.82) is 0 Å². The first kappa shape index (κ1) is 20.5. The number of carbonyl (C=O) groups excluding carboxylic acids is 2. The van der Waals surface area contributed by atoms with E-state index in [0.717, 1.165) is 10.5 Å². The van der Waals surface area contributed by atoms with Gasteiger partial charge in [0.05, 0.1) is 29.8 Å². The fraction of sp³-hybridized carbons (Fsp3) is 0.136. The monoisotopic (exact) mass is 437 g/mol. The van der Waals surface area contributed by atoms with Gasteiger partial charge >= 0.3 is 0 Å². The predicted octanol–water partition coefficient (Wildman–Crippen LogP) is 3.00. The van der Waals surface area contributed by atoms with Crippen LogP contribution in [0.25, 0.3) is 0 Å². The topological polar surface area (TPSA) is 106 Å². The van der Waals surface area contributed by atoms with E-state index in [9.17, 15) is 18.0 Å². The second-order valence-corrected chi connectivity index (χ2v) is 8.73. The van der Waals surface area contributed by atoms with E-state index in [0.29, 0.717) is 17.0 Å². The molecule has 3 aromatic rings. The van der Waals surface area contributed by atoms with Gasteiger partial charge in [0.15, 0.2) is 0 Å². The Morgan fingerprint density at radius 1 is 1.03 bits per heavy atom. The van der Waals surface area contributed by atoms with Crippen LogP contribution in [0.4, 0.5) is 5.69 Å². The van der Waals surface area contributed by atoms with Crippen LogP contribution < -0.4 is 9.46 Å². The lowest BCUT2D eigenvalue weighted by molar-refractivity contribution is 0.0640. The van der Waals surface area contributed by atoms with Crippen LogP contribution in [0.2, 0.25) is 0 Å². The molecule has 0 saturated heterocycles. The summed E-state index contributed by atoms with van der Waals surface area (Å²) in [5.41, 5.74) is 2.22. The maximum Gasteiger partial charge on any atom is 0.280 e. The molecule has 4 rings (SSSR count). The van der Waals surface area contributed by atoms with Crippen molar-refractivity contribution in [2.45, 2.75) is 18.4 Å². The molecule has 0 atom stereocenters. The number of benzene rings is 2. The zero-order chi connectivity index (χ0) is 22.2. The van der Waals surface area contributed by atoms with Gasteiger partial charge in [-0.3, -0.25) is 24.2 Å². The molecule has 158 valence electrons. The third-order valence-corrected chi connectivity index (χ3v) is 6.29. The molecule has 1 aliphatic rings. The number of imide groups is 1. The molecule has 31 heavy (non-hydrogen) atoms. The summed E-state index contributed by atoms with van der Waals surface area (Å²) in [6.07, 6.45) is 1.46. The second-order valence-electron chi connectivity index (χ2n) is 7.05. The first-order chi connectivity index (χ1) is 14.8. The van der Waals surface area contributed by atoms with Gasteiger partial charge in [0.1, 0.15) is 11.4 Å². The normalized spacial score (nSPS) is 13.3. The molecular formula is C22H19N3O5S. The van der Waals surface area contributed by atoms with E-state index in [2.05, 4.69) is 9.71 Å². The van der Waals surface area contributed by atoms with Gasteiger partial charge in [-0.25, -0.2) is 8.42 Å². The number of amides is 2. The van der Waals surface area contributed by atoms with Gasteiger partial charge in [0.25, 0.3) is 21.8 Å². The highest BCUT2D eigenvalue weighted by Gasteiger charge is 2.36. The number of aryl methyl sites for hydroxylation is 1. The summed E-state index contributed by atoms with van der Waals surface area (Å²) >= 11 is 0. The molecule has 1 N–H and O–H groups in total. The summed E-state index contributed by atoms with van der Waals surface area (Å²) in [7, 11) is -2.40. The average molecular weight is 437 g/mol. The van der Waals surface area contributed by atoms with Gasteiger partial charge in [0.2, 0.25) is 0 Å². The Hall–Kier alpha value is -3.72. The Kier molecular flexibility index (Phi) is 5.20. The molecule has 0 spiro atoms. The van der Waals surface area contributed by atoms with Crippen LogP contribution in [0.3, 0.4) is 0 Å². The van der Waals surface area contributed by atoms with Crippen LogP contribution in [-0.4, -0.2) is 37.2 Å². The molecule has 8 nitrogen and oxygen atoms in total. The van der Waals surface area contributed by atoms with Gasteiger partial charge in [-0.1, -0.05) is 18.2 Å². The largest absolute Gasteiger partial charge is 0.495 e. The van der Waals surface area contributed by atoms with Crippen molar-refractivity contribution in [2.24, 2.45) is 0 Å².